The van der Waals surface area contributed by atoms with Gasteiger partial charge in [-0.3, -0.25) is 0 Å². The highest BCUT2D eigenvalue weighted by molar-refractivity contribution is 7.80. The summed E-state index contributed by atoms with van der Waals surface area (Å²) in [6.07, 6.45) is 4.42. The van der Waals surface area contributed by atoms with Crippen LogP contribution in [0.15, 0.2) is 12.5 Å². The van der Waals surface area contributed by atoms with E-state index in [9.17, 15) is 0 Å². The highest BCUT2D eigenvalue weighted by atomic mass is 32.1. The number of rotatable bonds is 2. The summed E-state index contributed by atoms with van der Waals surface area (Å²) in [6, 6.07) is 0. The van der Waals surface area contributed by atoms with Gasteiger partial charge < -0.3 is 4.98 Å². The molecule has 0 aliphatic heterocycles. The van der Waals surface area contributed by atoms with E-state index in [1.54, 1.807) is 12.5 Å². The van der Waals surface area contributed by atoms with Gasteiger partial charge in [0.2, 0.25) is 0 Å². The van der Waals surface area contributed by atoms with Gasteiger partial charge in [-0.2, -0.15) is 0 Å². The number of nitrogens with zero attached hydrogens (tertiary/aromatic N) is 1. The molecule has 1 N–H and O–H groups in total. The molecule has 0 saturated carbocycles. The van der Waals surface area contributed by atoms with Crippen LogP contribution in [0.3, 0.4) is 0 Å². The zero-order valence-corrected chi connectivity index (χ0v) is 6.11. The first kappa shape index (κ1) is 6.68. The maximum absolute atomic E-state index is 5.09. The van der Waals surface area contributed by atoms with Crippen LogP contribution in [0.25, 0.3) is 0 Å². The molecule has 1 rings (SSSR count). The van der Waals surface area contributed by atoms with Crippen LogP contribution in [-0.4, -0.2) is 9.97 Å². The molecule has 1 aromatic rings. The third-order valence-corrected chi connectivity index (χ3v) is 1.82. The van der Waals surface area contributed by atoms with Crippen LogP contribution in [0.5, 0.6) is 0 Å². The van der Waals surface area contributed by atoms with Gasteiger partial charge >= 0.3 is 0 Å². The van der Waals surface area contributed by atoms with Gasteiger partial charge in [0.15, 0.2) is 0 Å². The zero-order chi connectivity index (χ0) is 6.69. The van der Waals surface area contributed by atoms with Gasteiger partial charge in [-0.15, -0.1) is 0 Å². The normalized spacial score (nSPS) is 13.6. The molecule has 0 spiro atoms. The van der Waals surface area contributed by atoms with Crippen molar-refractivity contribution in [3.05, 3.63) is 18.2 Å². The summed E-state index contributed by atoms with van der Waals surface area (Å²) in [4.78, 5) is 6.84. The fourth-order valence-electron chi connectivity index (χ4n) is 0.663. The van der Waals surface area contributed by atoms with Gasteiger partial charge in [-0.25, -0.2) is 4.98 Å². The van der Waals surface area contributed by atoms with Crippen LogP contribution < -0.4 is 0 Å². The quantitative estimate of drug-likeness (QED) is 0.671. The summed E-state index contributed by atoms with van der Waals surface area (Å²) < 4.78 is 0. The largest absolute Gasteiger partial charge is 0.348 e. The van der Waals surface area contributed by atoms with Crippen molar-refractivity contribution in [3.8, 4) is 0 Å². The third-order valence-electron chi connectivity index (χ3n) is 1.24. The molecule has 0 aliphatic carbocycles. The number of H-pyrrole nitrogens is 1. The lowest BCUT2D eigenvalue weighted by molar-refractivity contribution is 0.874. The average molecular weight is 141 g/mol. The molecule has 0 bridgehead atoms. The molecule has 0 fully saturated rings. The number of aromatic amines is 1. The Balaban J connectivity index is 2.65. The Labute approximate surface area is 60.1 Å². The number of hydrogen-bond acceptors (Lipinski definition) is 1. The molecular formula is C6H9N2S. The van der Waals surface area contributed by atoms with Crippen molar-refractivity contribution in [2.45, 2.75) is 18.6 Å². The van der Waals surface area contributed by atoms with E-state index in [-0.39, 0.29) is 5.25 Å². The molecule has 9 heavy (non-hydrogen) atoms. The number of aromatic nitrogens is 2. The van der Waals surface area contributed by atoms with E-state index in [2.05, 4.69) is 16.9 Å². The van der Waals surface area contributed by atoms with E-state index in [0.717, 1.165) is 12.1 Å². The Morgan fingerprint density at radius 2 is 2.67 bits per heavy atom. The average Bonchev–Trinajstić information content (AvgIpc) is 2.37. The number of hydrogen-bond donors (Lipinski definition) is 1. The fourth-order valence-corrected chi connectivity index (χ4v) is 0.792. The Kier molecular flexibility index (Phi) is 2.16. The molecule has 3 heteroatoms. The van der Waals surface area contributed by atoms with E-state index in [1.165, 1.54) is 0 Å². The van der Waals surface area contributed by atoms with Gasteiger partial charge in [-0.1, -0.05) is 19.6 Å². The SMILES string of the molecule is CCC([S])c1cnc[nH]1. The van der Waals surface area contributed by atoms with Crippen LogP contribution in [0.4, 0.5) is 0 Å². The Morgan fingerprint density at radius 3 is 3.11 bits per heavy atom. The summed E-state index contributed by atoms with van der Waals surface area (Å²) in [5, 5.41) is 0.201. The predicted molar refractivity (Wildman–Crippen MR) is 39.2 cm³/mol. The highest BCUT2D eigenvalue weighted by Gasteiger charge is 2.03. The monoisotopic (exact) mass is 141 g/mol. The number of imidazole rings is 1. The minimum absolute atomic E-state index is 0.201. The summed E-state index contributed by atoms with van der Waals surface area (Å²) in [5.41, 5.74) is 1.05. The second-order valence-corrected chi connectivity index (χ2v) is 2.47. The van der Waals surface area contributed by atoms with E-state index in [4.69, 9.17) is 12.6 Å². The summed E-state index contributed by atoms with van der Waals surface area (Å²) in [5.74, 6) is 0. The lowest BCUT2D eigenvalue weighted by Crippen LogP contribution is -1.86. The van der Waals surface area contributed by atoms with E-state index in [0.29, 0.717) is 0 Å². The molecule has 49 valence electrons. The maximum Gasteiger partial charge on any atom is 0.0922 e. The van der Waals surface area contributed by atoms with Crippen molar-refractivity contribution < 1.29 is 0 Å². The standard InChI is InChI=1S/C6H9N2S/c1-2-6(9)5-3-7-4-8-5/h3-4,6H,2H2,1H3,(H,7,8). The first-order valence-electron chi connectivity index (χ1n) is 2.98. The van der Waals surface area contributed by atoms with Gasteiger partial charge in [0.05, 0.1) is 11.6 Å². The van der Waals surface area contributed by atoms with Gasteiger partial charge in [0, 0.05) is 11.9 Å². The molecular weight excluding hydrogens is 132 g/mol. The van der Waals surface area contributed by atoms with Crippen molar-refractivity contribution in [2.24, 2.45) is 0 Å². The van der Waals surface area contributed by atoms with Gasteiger partial charge in [0.25, 0.3) is 0 Å². The second-order valence-electron chi connectivity index (χ2n) is 1.90. The first-order valence-corrected chi connectivity index (χ1v) is 3.45. The molecule has 1 heterocycles. The fraction of sp³-hybridized carbons (Fsp3) is 0.500. The van der Waals surface area contributed by atoms with Crippen LogP contribution in [-0.2, 0) is 0 Å². The third kappa shape index (κ3) is 1.48. The zero-order valence-electron chi connectivity index (χ0n) is 5.29. The molecule has 0 saturated heterocycles. The lowest BCUT2D eigenvalue weighted by Gasteiger charge is -1.99. The predicted octanol–water partition coefficient (Wildman–Crippen LogP) is 2.06. The Morgan fingerprint density at radius 1 is 1.89 bits per heavy atom. The summed E-state index contributed by atoms with van der Waals surface area (Å²) in [6.45, 7) is 2.07. The van der Waals surface area contributed by atoms with Crippen molar-refractivity contribution in [3.63, 3.8) is 0 Å². The molecule has 1 radical (unpaired) electrons. The Hall–Kier alpha value is -0.440. The topological polar surface area (TPSA) is 28.7 Å². The molecule has 1 atom stereocenters. The van der Waals surface area contributed by atoms with Crippen molar-refractivity contribution >= 4 is 12.6 Å². The molecule has 1 aromatic heterocycles. The first-order chi connectivity index (χ1) is 4.34. The number of nitrogens with one attached hydrogen (secondary N) is 1. The minimum atomic E-state index is 0.201. The van der Waals surface area contributed by atoms with Crippen molar-refractivity contribution in [1.82, 2.24) is 9.97 Å². The highest BCUT2D eigenvalue weighted by Crippen LogP contribution is 2.19. The minimum Gasteiger partial charge on any atom is -0.348 e. The smallest absolute Gasteiger partial charge is 0.0922 e. The molecule has 0 aromatic carbocycles. The van der Waals surface area contributed by atoms with Crippen molar-refractivity contribution in [1.29, 1.82) is 0 Å². The van der Waals surface area contributed by atoms with Crippen molar-refractivity contribution in [2.75, 3.05) is 0 Å². The summed E-state index contributed by atoms with van der Waals surface area (Å²) >= 11 is 5.09. The van der Waals surface area contributed by atoms with Crippen LogP contribution in [0.1, 0.15) is 24.3 Å². The molecule has 0 aliphatic rings. The van der Waals surface area contributed by atoms with Gasteiger partial charge in [0.1, 0.15) is 0 Å². The van der Waals surface area contributed by atoms with Crippen LogP contribution >= 0.6 is 12.6 Å². The molecule has 1 unspecified atom stereocenters. The second kappa shape index (κ2) is 2.92. The summed E-state index contributed by atoms with van der Waals surface area (Å²) in [7, 11) is 0. The van der Waals surface area contributed by atoms with Crippen LogP contribution in [0.2, 0.25) is 0 Å². The van der Waals surface area contributed by atoms with E-state index >= 15 is 0 Å². The Bertz CT molecular complexity index is 160. The molecule has 2 nitrogen and oxygen atoms in total. The van der Waals surface area contributed by atoms with Crippen LogP contribution in [0, 0.1) is 0 Å². The van der Waals surface area contributed by atoms with E-state index in [1.807, 2.05) is 0 Å². The lowest BCUT2D eigenvalue weighted by atomic mass is 10.3. The molecule has 0 amide bonds. The van der Waals surface area contributed by atoms with Gasteiger partial charge in [-0.05, 0) is 6.42 Å². The maximum atomic E-state index is 5.09. The van der Waals surface area contributed by atoms with E-state index < -0.39 is 0 Å².